The van der Waals surface area contributed by atoms with Gasteiger partial charge in [0, 0.05) is 6.10 Å². The minimum atomic E-state index is -4.67. The molecule has 2 unspecified atom stereocenters. The van der Waals surface area contributed by atoms with Crippen LogP contribution in [0.25, 0.3) is 0 Å². The predicted molar refractivity (Wildman–Crippen MR) is 54.2 cm³/mol. The molecule has 0 saturated carbocycles. The molecule has 0 bridgehead atoms. The van der Waals surface area contributed by atoms with Gasteiger partial charge in [0.05, 0.1) is 0 Å². The Labute approximate surface area is 114 Å². The first-order valence-corrected chi connectivity index (χ1v) is 5.83. The van der Waals surface area contributed by atoms with Gasteiger partial charge in [-0.05, 0) is 6.42 Å². The largest absolute Gasteiger partial charge is 1.00 e. The van der Waals surface area contributed by atoms with Crippen LogP contribution in [0.2, 0.25) is 0 Å². The van der Waals surface area contributed by atoms with Gasteiger partial charge in [0.15, 0.2) is 0 Å². The maximum Gasteiger partial charge on any atom is 1.00 e. The summed E-state index contributed by atoms with van der Waals surface area (Å²) in [5.74, 6) is 0.227. The summed E-state index contributed by atoms with van der Waals surface area (Å²) in [7, 11) is -4.67. The molecule has 7 heteroatoms. The van der Waals surface area contributed by atoms with E-state index in [0.717, 1.165) is 19.3 Å². The van der Waals surface area contributed by atoms with Gasteiger partial charge >= 0.3 is 40.0 Å². The Bertz CT molecular complexity index is 209. The number of hydrogen-bond acceptors (Lipinski definition) is 3. The monoisotopic (exact) mass is 250 g/mol. The fourth-order valence-electron chi connectivity index (χ4n) is 0.804. The Morgan fingerprint density at radius 3 is 1.80 bits per heavy atom. The van der Waals surface area contributed by atoms with Gasteiger partial charge in [-0.1, -0.05) is 26.7 Å². The van der Waals surface area contributed by atoms with Crippen LogP contribution < -0.4 is 29.6 Å². The first kappa shape index (κ1) is 21.1. The van der Waals surface area contributed by atoms with Gasteiger partial charge in [-0.3, -0.25) is 9.11 Å². The van der Waals surface area contributed by atoms with Gasteiger partial charge in [0.1, 0.15) is 0 Å². The zero-order valence-electron chi connectivity index (χ0n) is 9.55. The van der Waals surface area contributed by atoms with E-state index in [0.29, 0.717) is 0 Å². The van der Waals surface area contributed by atoms with Crippen molar-refractivity contribution in [2.24, 2.45) is 5.92 Å². The van der Waals surface area contributed by atoms with Crippen molar-refractivity contribution < 1.29 is 52.2 Å². The molecule has 2 atom stereocenters. The molecule has 3 N–H and O–H groups in total. The van der Waals surface area contributed by atoms with E-state index >= 15 is 0 Å². The van der Waals surface area contributed by atoms with Gasteiger partial charge < -0.3 is 12.0 Å². The van der Waals surface area contributed by atoms with Crippen molar-refractivity contribution in [2.45, 2.75) is 39.2 Å². The van der Waals surface area contributed by atoms with Crippen molar-refractivity contribution in [3.63, 3.8) is 0 Å². The molecule has 0 aliphatic rings. The van der Waals surface area contributed by atoms with E-state index in [1.54, 1.807) is 0 Å². The van der Waals surface area contributed by atoms with Crippen LogP contribution in [0.4, 0.5) is 0 Å². The molecule has 0 saturated heterocycles. The molecule has 0 rings (SSSR count). The molecule has 0 spiro atoms. The van der Waals surface area contributed by atoms with E-state index in [4.69, 9.17) is 17.5 Å². The van der Waals surface area contributed by atoms with Gasteiger partial charge in [-0.25, -0.2) is 0 Å². The first-order valence-electron chi connectivity index (χ1n) is 4.43. The third-order valence-electron chi connectivity index (χ3n) is 1.65. The Kier molecular flexibility index (Phi) is 16.0. The minimum Gasteiger partial charge on any atom is -0.396 e. The number of aliphatic hydroxyl groups is 1. The molecule has 0 heterocycles. The molecule has 0 aliphatic heterocycles. The van der Waals surface area contributed by atoms with E-state index in [2.05, 4.69) is 20.8 Å². The van der Waals surface area contributed by atoms with Crippen molar-refractivity contribution in [3.8, 4) is 0 Å². The van der Waals surface area contributed by atoms with Gasteiger partial charge in [-0.15, -0.1) is 5.92 Å². The third-order valence-corrected chi connectivity index (χ3v) is 1.65. The fourth-order valence-corrected chi connectivity index (χ4v) is 0.804. The summed E-state index contributed by atoms with van der Waals surface area (Å²) in [6.07, 6.45) is 2.73. The molecule has 0 fully saturated rings. The number of aliphatic hydroxyl groups excluding tert-OH is 1. The summed E-state index contributed by atoms with van der Waals surface area (Å²) in [6.45, 7) is 7.95. The average molecular weight is 250 g/mol. The second kappa shape index (κ2) is 11.3. The zero-order chi connectivity index (χ0) is 11.8. The van der Waals surface area contributed by atoms with Gasteiger partial charge in [0.25, 0.3) is 0 Å². The summed E-state index contributed by atoms with van der Waals surface area (Å²) in [5, 5.41) is 9.26. The van der Waals surface area contributed by atoms with E-state index in [-0.39, 0.29) is 41.6 Å². The van der Waals surface area contributed by atoms with Crippen LogP contribution in [0.5, 0.6) is 0 Å². The Morgan fingerprint density at radius 1 is 1.27 bits per heavy atom. The topological polar surface area (TPSA) is 94.8 Å². The summed E-state index contributed by atoms with van der Waals surface area (Å²) in [6, 6.07) is 0. The second-order valence-corrected chi connectivity index (χ2v) is 3.87. The van der Waals surface area contributed by atoms with Crippen LogP contribution in [0.15, 0.2) is 0 Å². The van der Waals surface area contributed by atoms with Crippen LogP contribution in [0, 0.1) is 12.8 Å². The van der Waals surface area contributed by atoms with Crippen molar-refractivity contribution in [3.05, 3.63) is 6.92 Å². The molecule has 15 heavy (non-hydrogen) atoms. The van der Waals surface area contributed by atoms with Crippen molar-refractivity contribution in [1.29, 1.82) is 0 Å². The van der Waals surface area contributed by atoms with Gasteiger partial charge in [-0.2, -0.15) is 8.42 Å². The summed E-state index contributed by atoms with van der Waals surface area (Å²) in [4.78, 5) is 0. The molecule has 0 aliphatic carbocycles. The second-order valence-electron chi connectivity index (χ2n) is 2.97. The molecule has 0 aromatic heterocycles. The molecule has 0 amide bonds. The number of rotatable bonds is 4. The molecule has 0 aromatic rings. The van der Waals surface area contributed by atoms with Gasteiger partial charge in [0.2, 0.25) is 0 Å². The van der Waals surface area contributed by atoms with Crippen LogP contribution in [0.1, 0.15) is 33.1 Å². The van der Waals surface area contributed by atoms with Crippen molar-refractivity contribution >= 4 is 10.4 Å². The standard InChI is InChI=1S/C8H17O.Na.H2O4S/c1-4-6-8(9)7(3)5-2;;1-5(2,3)4/h7-9H,3-6H2,1-2H3;;(H2,1,2,3,4)/q-1;+1;. The molecular weight excluding hydrogens is 231 g/mol. The fraction of sp³-hybridized carbons (Fsp3) is 0.875. The number of hydrogen-bond donors (Lipinski definition) is 3. The van der Waals surface area contributed by atoms with Crippen LogP contribution in [-0.2, 0) is 10.4 Å². The Balaban J connectivity index is -0.000000208. The van der Waals surface area contributed by atoms with Crippen LogP contribution in [0.3, 0.4) is 0 Å². The van der Waals surface area contributed by atoms with Crippen LogP contribution in [-0.4, -0.2) is 28.7 Å². The van der Waals surface area contributed by atoms with Crippen molar-refractivity contribution in [2.75, 3.05) is 0 Å². The average Bonchev–Trinajstić information content (AvgIpc) is 2.00. The summed E-state index contributed by atoms with van der Waals surface area (Å²) < 4.78 is 31.6. The quantitative estimate of drug-likeness (QED) is 0.316. The summed E-state index contributed by atoms with van der Waals surface area (Å²) in [5.41, 5.74) is 0. The minimum absolute atomic E-state index is 0. The van der Waals surface area contributed by atoms with E-state index in [1.807, 2.05) is 0 Å². The maximum absolute atomic E-state index is 9.26. The van der Waals surface area contributed by atoms with E-state index < -0.39 is 10.4 Å². The van der Waals surface area contributed by atoms with E-state index in [1.165, 1.54) is 0 Å². The smallest absolute Gasteiger partial charge is 0.396 e. The molecule has 0 radical (unpaired) electrons. The third kappa shape index (κ3) is 25.3. The normalized spacial score (nSPS) is 14.3. The first-order chi connectivity index (χ1) is 6.22. The maximum atomic E-state index is 9.26. The van der Waals surface area contributed by atoms with Crippen molar-refractivity contribution in [1.82, 2.24) is 0 Å². The zero-order valence-corrected chi connectivity index (χ0v) is 12.4. The van der Waals surface area contributed by atoms with Crippen LogP contribution >= 0.6 is 0 Å². The molecule has 0 aromatic carbocycles. The SMILES string of the molecule is O=S(=O)(O)O.[CH2-]C(CC)C(O)CCC.[Na+]. The molecular formula is C8H19NaO5S. The summed E-state index contributed by atoms with van der Waals surface area (Å²) >= 11 is 0. The Morgan fingerprint density at radius 2 is 1.60 bits per heavy atom. The predicted octanol–water partition coefficient (Wildman–Crippen LogP) is -1.64. The molecule has 88 valence electrons. The molecule has 5 nitrogen and oxygen atoms in total. The van der Waals surface area contributed by atoms with E-state index in [9.17, 15) is 5.11 Å². The Hall–Kier alpha value is 0.830.